The van der Waals surface area contributed by atoms with E-state index in [1.54, 1.807) is 20.3 Å². The van der Waals surface area contributed by atoms with Crippen molar-refractivity contribution in [2.45, 2.75) is 38.8 Å². The zero-order chi connectivity index (χ0) is 19.7. The summed E-state index contributed by atoms with van der Waals surface area (Å²) in [5.74, 6) is 1.68. The summed E-state index contributed by atoms with van der Waals surface area (Å²) < 4.78 is 12.5. The summed E-state index contributed by atoms with van der Waals surface area (Å²) in [5, 5.41) is 3.27. The number of nitrogens with zero attached hydrogens (tertiary/aromatic N) is 3. The molecule has 28 heavy (non-hydrogen) atoms. The molecule has 0 saturated carbocycles. The summed E-state index contributed by atoms with van der Waals surface area (Å²) in [5.41, 5.74) is 3.44. The molecular weight excluding hydrogens is 356 g/mol. The molecule has 0 radical (unpaired) electrons. The van der Waals surface area contributed by atoms with Gasteiger partial charge in [0.1, 0.15) is 11.5 Å². The molecule has 1 fully saturated rings. The van der Waals surface area contributed by atoms with Gasteiger partial charge in [-0.15, -0.1) is 0 Å². The standard InChI is InChI=1S/C21H26N4O3/c1-14-10-21(26)25-20(22-14)12-17(23-25)18-6-4-5-9-24(18)13-15-11-16(27-2)7-8-19(15)28-3/h7-8,10-12,18,23H,4-6,9,13H2,1-3H3/t18-/m0/s1. The van der Waals surface area contributed by atoms with Gasteiger partial charge in [-0.25, -0.2) is 9.50 Å². The quantitative estimate of drug-likeness (QED) is 0.734. The van der Waals surface area contributed by atoms with Gasteiger partial charge in [-0.2, -0.15) is 0 Å². The molecule has 4 rings (SSSR count). The molecule has 3 aromatic rings. The largest absolute Gasteiger partial charge is 0.497 e. The van der Waals surface area contributed by atoms with Gasteiger partial charge < -0.3 is 9.47 Å². The fourth-order valence-electron chi connectivity index (χ4n) is 4.06. The maximum Gasteiger partial charge on any atom is 0.272 e. The van der Waals surface area contributed by atoms with Crippen LogP contribution in [0.25, 0.3) is 5.65 Å². The monoisotopic (exact) mass is 382 g/mol. The molecule has 0 bridgehead atoms. The number of likely N-dealkylation sites (tertiary alicyclic amines) is 1. The third kappa shape index (κ3) is 3.49. The maximum atomic E-state index is 12.3. The molecule has 0 aliphatic carbocycles. The lowest BCUT2D eigenvalue weighted by molar-refractivity contribution is 0.135. The minimum absolute atomic E-state index is 0.0782. The van der Waals surface area contributed by atoms with Crippen LogP contribution in [0.4, 0.5) is 0 Å². The van der Waals surface area contributed by atoms with Gasteiger partial charge in [0.2, 0.25) is 0 Å². The Morgan fingerprint density at radius 2 is 2.04 bits per heavy atom. The number of nitrogens with one attached hydrogen (secondary N) is 1. The first-order chi connectivity index (χ1) is 13.6. The second-order valence-electron chi connectivity index (χ2n) is 7.30. The molecule has 0 spiro atoms. The van der Waals surface area contributed by atoms with E-state index in [1.165, 1.54) is 4.52 Å². The van der Waals surface area contributed by atoms with Crippen molar-refractivity contribution in [3.63, 3.8) is 0 Å². The maximum absolute atomic E-state index is 12.3. The van der Waals surface area contributed by atoms with Crippen molar-refractivity contribution in [3.8, 4) is 11.5 Å². The van der Waals surface area contributed by atoms with E-state index in [9.17, 15) is 4.79 Å². The van der Waals surface area contributed by atoms with Crippen LogP contribution in [0.5, 0.6) is 11.5 Å². The fourth-order valence-corrected chi connectivity index (χ4v) is 4.06. The minimum atomic E-state index is -0.0782. The van der Waals surface area contributed by atoms with E-state index < -0.39 is 0 Å². The summed E-state index contributed by atoms with van der Waals surface area (Å²) in [6.07, 6.45) is 3.35. The highest BCUT2D eigenvalue weighted by molar-refractivity contribution is 5.42. The number of rotatable bonds is 5. The molecule has 0 amide bonds. The van der Waals surface area contributed by atoms with Gasteiger partial charge in [-0.05, 0) is 44.5 Å². The molecule has 0 unspecified atom stereocenters. The van der Waals surface area contributed by atoms with Crippen molar-refractivity contribution in [1.29, 1.82) is 0 Å². The van der Waals surface area contributed by atoms with E-state index in [0.717, 1.165) is 60.8 Å². The smallest absolute Gasteiger partial charge is 0.272 e. The van der Waals surface area contributed by atoms with Crippen LogP contribution in [0.3, 0.4) is 0 Å². The third-order valence-electron chi connectivity index (χ3n) is 5.43. The average molecular weight is 382 g/mol. The van der Waals surface area contributed by atoms with Crippen LogP contribution in [0, 0.1) is 6.92 Å². The first-order valence-electron chi connectivity index (χ1n) is 9.63. The number of hydrogen-bond acceptors (Lipinski definition) is 5. The van der Waals surface area contributed by atoms with E-state index in [0.29, 0.717) is 5.65 Å². The van der Waals surface area contributed by atoms with E-state index in [1.807, 2.05) is 31.2 Å². The number of H-pyrrole nitrogens is 1. The van der Waals surface area contributed by atoms with Crippen LogP contribution in [0.15, 0.2) is 35.1 Å². The number of aromatic nitrogens is 3. The van der Waals surface area contributed by atoms with Crippen molar-refractivity contribution in [2.75, 3.05) is 20.8 Å². The lowest BCUT2D eigenvalue weighted by atomic mass is 9.98. The van der Waals surface area contributed by atoms with Gasteiger partial charge in [0.15, 0.2) is 5.65 Å². The first-order valence-corrected chi connectivity index (χ1v) is 9.63. The van der Waals surface area contributed by atoms with Gasteiger partial charge in [0, 0.05) is 29.9 Å². The SMILES string of the molecule is COc1ccc(OC)c(CN2CCCC[C@H]2c2cc3nc(C)cc(=O)n3[nH]2)c1. The van der Waals surface area contributed by atoms with E-state index in [4.69, 9.17) is 9.47 Å². The van der Waals surface area contributed by atoms with Gasteiger partial charge in [-0.3, -0.25) is 14.8 Å². The second-order valence-corrected chi connectivity index (χ2v) is 7.30. The van der Waals surface area contributed by atoms with Crippen LogP contribution in [-0.2, 0) is 6.54 Å². The van der Waals surface area contributed by atoms with E-state index >= 15 is 0 Å². The first kappa shape index (κ1) is 18.6. The number of fused-ring (bicyclic) bond motifs is 1. The predicted octanol–water partition coefficient (Wildman–Crippen LogP) is 3.08. The molecule has 1 N–H and O–H groups in total. The van der Waals surface area contributed by atoms with Crippen molar-refractivity contribution < 1.29 is 9.47 Å². The van der Waals surface area contributed by atoms with Crippen molar-refractivity contribution in [2.24, 2.45) is 0 Å². The van der Waals surface area contributed by atoms with Crippen LogP contribution in [-0.4, -0.2) is 40.3 Å². The van der Waals surface area contributed by atoms with Gasteiger partial charge in [-0.1, -0.05) is 6.42 Å². The van der Waals surface area contributed by atoms with Gasteiger partial charge in [0.05, 0.1) is 26.0 Å². The molecule has 1 aliphatic rings. The van der Waals surface area contributed by atoms with Crippen LogP contribution in [0.1, 0.15) is 42.3 Å². The highest BCUT2D eigenvalue weighted by Crippen LogP contribution is 2.34. The molecule has 1 aromatic carbocycles. The topological polar surface area (TPSA) is 71.9 Å². The Bertz CT molecular complexity index is 1040. The van der Waals surface area contributed by atoms with Crippen molar-refractivity contribution in [3.05, 3.63) is 57.6 Å². The zero-order valence-corrected chi connectivity index (χ0v) is 16.6. The number of aromatic amines is 1. The van der Waals surface area contributed by atoms with Gasteiger partial charge in [0.25, 0.3) is 5.56 Å². The molecule has 1 aliphatic heterocycles. The Morgan fingerprint density at radius 3 is 2.82 bits per heavy atom. The third-order valence-corrected chi connectivity index (χ3v) is 5.43. The Hall–Kier alpha value is -2.80. The highest BCUT2D eigenvalue weighted by atomic mass is 16.5. The number of ether oxygens (including phenoxy) is 2. The summed E-state index contributed by atoms with van der Waals surface area (Å²) in [7, 11) is 3.36. The highest BCUT2D eigenvalue weighted by Gasteiger charge is 2.27. The van der Waals surface area contributed by atoms with Gasteiger partial charge >= 0.3 is 0 Å². The van der Waals surface area contributed by atoms with E-state index in [2.05, 4.69) is 15.0 Å². The lowest BCUT2D eigenvalue weighted by Gasteiger charge is -2.35. The molecule has 7 nitrogen and oxygen atoms in total. The number of methoxy groups -OCH3 is 2. The van der Waals surface area contributed by atoms with E-state index in [-0.39, 0.29) is 11.6 Å². The average Bonchev–Trinajstić information content (AvgIpc) is 3.12. The number of aryl methyl sites for hydroxylation is 1. The second kappa shape index (κ2) is 7.67. The normalized spacial score (nSPS) is 17.8. The molecule has 2 aromatic heterocycles. The Morgan fingerprint density at radius 1 is 1.18 bits per heavy atom. The summed E-state index contributed by atoms with van der Waals surface area (Å²) in [6.45, 7) is 3.58. The summed E-state index contributed by atoms with van der Waals surface area (Å²) in [6, 6.07) is 9.64. The Balaban J connectivity index is 1.67. The minimum Gasteiger partial charge on any atom is -0.497 e. The molecule has 7 heteroatoms. The lowest BCUT2D eigenvalue weighted by Crippen LogP contribution is -2.33. The molecule has 148 valence electrons. The van der Waals surface area contributed by atoms with Crippen LogP contribution >= 0.6 is 0 Å². The summed E-state index contributed by atoms with van der Waals surface area (Å²) in [4.78, 5) is 19.2. The molecule has 1 atom stereocenters. The zero-order valence-electron chi connectivity index (χ0n) is 16.6. The number of benzene rings is 1. The molecular formula is C21H26N4O3. The Labute approximate surface area is 163 Å². The molecule has 1 saturated heterocycles. The number of hydrogen-bond donors (Lipinski definition) is 1. The van der Waals surface area contributed by atoms with Crippen LogP contribution < -0.4 is 15.0 Å². The summed E-state index contributed by atoms with van der Waals surface area (Å²) >= 11 is 0. The fraction of sp³-hybridized carbons (Fsp3) is 0.429. The predicted molar refractivity (Wildman–Crippen MR) is 107 cm³/mol. The number of piperidine rings is 1. The Kier molecular flexibility index (Phi) is 5.09. The van der Waals surface area contributed by atoms with Crippen LogP contribution in [0.2, 0.25) is 0 Å². The molecule has 3 heterocycles. The van der Waals surface area contributed by atoms with Crippen molar-refractivity contribution >= 4 is 5.65 Å². The van der Waals surface area contributed by atoms with Crippen molar-refractivity contribution in [1.82, 2.24) is 19.5 Å².